The molecule has 0 nitrogen and oxygen atoms in total. The van der Waals surface area contributed by atoms with Crippen molar-refractivity contribution < 1.29 is 0 Å². The summed E-state index contributed by atoms with van der Waals surface area (Å²) >= 11 is 0. The molecule has 0 heteroatoms. The maximum atomic E-state index is 2.36. The first-order chi connectivity index (χ1) is 6.90. The molecule has 0 heterocycles. The lowest BCUT2D eigenvalue weighted by Gasteiger charge is -2.12. The van der Waals surface area contributed by atoms with Crippen LogP contribution in [0.15, 0.2) is 18.2 Å². The van der Waals surface area contributed by atoms with Crippen molar-refractivity contribution in [2.45, 2.75) is 50.9 Å². The normalized spacial score (nSPS) is 21.2. The second-order valence-corrected chi connectivity index (χ2v) is 4.82. The lowest BCUT2D eigenvalue weighted by atomic mass is 9.93. The quantitative estimate of drug-likeness (QED) is 0.669. The predicted molar refractivity (Wildman–Crippen MR) is 59.8 cm³/mol. The number of hydrogen-bond acceptors (Lipinski definition) is 0. The van der Waals surface area contributed by atoms with Gasteiger partial charge in [-0.2, -0.15) is 0 Å². The molecule has 0 radical (unpaired) electrons. The van der Waals surface area contributed by atoms with Crippen LogP contribution in [-0.2, 0) is 6.42 Å². The van der Waals surface area contributed by atoms with Crippen molar-refractivity contribution in [3.05, 3.63) is 34.9 Å². The van der Waals surface area contributed by atoms with Crippen LogP contribution in [0.25, 0.3) is 0 Å². The molecule has 1 aromatic rings. The fourth-order valence-corrected chi connectivity index (χ4v) is 2.59. The van der Waals surface area contributed by atoms with Gasteiger partial charge in [0.25, 0.3) is 0 Å². The van der Waals surface area contributed by atoms with Crippen LogP contribution in [0, 0.1) is 0 Å². The Kier molecular flexibility index (Phi) is 1.90. The standard InChI is InChI=1S/C14H18/c1-2-12-13(10-6-7-10)4-3-5-14(12)11-8-9-11/h3-5,10-11H,2,6-9H2,1H3. The molecule has 2 aliphatic rings. The smallest absolute Gasteiger partial charge is 0.0159 e. The van der Waals surface area contributed by atoms with Crippen molar-refractivity contribution in [1.29, 1.82) is 0 Å². The Hall–Kier alpha value is -0.780. The van der Waals surface area contributed by atoms with Gasteiger partial charge in [-0.15, -0.1) is 0 Å². The van der Waals surface area contributed by atoms with Gasteiger partial charge in [0.2, 0.25) is 0 Å². The molecule has 3 rings (SSSR count). The van der Waals surface area contributed by atoms with Crippen LogP contribution < -0.4 is 0 Å². The minimum absolute atomic E-state index is 0.920. The van der Waals surface area contributed by atoms with Crippen molar-refractivity contribution in [2.24, 2.45) is 0 Å². The molecule has 0 spiro atoms. The summed E-state index contributed by atoms with van der Waals surface area (Å²) in [6.07, 6.45) is 6.96. The molecule has 2 aliphatic carbocycles. The average Bonchev–Trinajstić information content (AvgIpc) is 3.04. The Balaban J connectivity index is 2.05. The van der Waals surface area contributed by atoms with Crippen LogP contribution in [0.4, 0.5) is 0 Å². The molecule has 0 saturated heterocycles. The summed E-state index contributed by atoms with van der Waals surface area (Å²) in [5, 5.41) is 0. The Morgan fingerprint density at radius 3 is 1.86 bits per heavy atom. The molecule has 2 saturated carbocycles. The summed E-state index contributed by atoms with van der Waals surface area (Å²) in [4.78, 5) is 0. The summed E-state index contributed by atoms with van der Waals surface area (Å²) in [6.45, 7) is 2.31. The van der Waals surface area contributed by atoms with E-state index >= 15 is 0 Å². The highest BCUT2D eigenvalue weighted by atomic mass is 14.3. The molecule has 0 atom stereocenters. The molecular weight excluding hydrogens is 168 g/mol. The van der Waals surface area contributed by atoms with Crippen molar-refractivity contribution in [1.82, 2.24) is 0 Å². The molecular formula is C14H18. The fraction of sp³-hybridized carbons (Fsp3) is 0.571. The van der Waals surface area contributed by atoms with E-state index in [0.29, 0.717) is 0 Å². The van der Waals surface area contributed by atoms with Crippen molar-refractivity contribution >= 4 is 0 Å². The molecule has 0 N–H and O–H groups in total. The highest BCUT2D eigenvalue weighted by Gasteiger charge is 2.30. The number of benzene rings is 1. The molecule has 2 fully saturated rings. The molecule has 0 aromatic heterocycles. The second kappa shape index (κ2) is 3.12. The largest absolute Gasteiger partial charge is 0.0617 e. The molecule has 0 unspecified atom stereocenters. The average molecular weight is 186 g/mol. The maximum Gasteiger partial charge on any atom is -0.0159 e. The van der Waals surface area contributed by atoms with Crippen LogP contribution in [0.1, 0.15) is 61.1 Å². The van der Waals surface area contributed by atoms with Gasteiger partial charge in [0.05, 0.1) is 0 Å². The van der Waals surface area contributed by atoms with Gasteiger partial charge in [-0.1, -0.05) is 25.1 Å². The minimum Gasteiger partial charge on any atom is -0.0617 e. The molecule has 1 aromatic carbocycles. The molecule has 0 amide bonds. The SMILES string of the molecule is CCc1c(C2CC2)cccc1C1CC1. The first kappa shape index (κ1) is 8.52. The summed E-state index contributed by atoms with van der Waals surface area (Å²) in [7, 11) is 0. The molecule has 74 valence electrons. The van der Waals surface area contributed by atoms with Crippen LogP contribution in [-0.4, -0.2) is 0 Å². The van der Waals surface area contributed by atoms with E-state index in [1.165, 1.54) is 32.1 Å². The van der Waals surface area contributed by atoms with Gasteiger partial charge in [-0.25, -0.2) is 0 Å². The van der Waals surface area contributed by atoms with Gasteiger partial charge in [-0.3, -0.25) is 0 Å². The zero-order valence-corrected chi connectivity index (χ0v) is 8.92. The lowest BCUT2D eigenvalue weighted by Crippen LogP contribution is -1.96. The van der Waals surface area contributed by atoms with E-state index in [1.807, 2.05) is 0 Å². The van der Waals surface area contributed by atoms with Crippen molar-refractivity contribution in [2.75, 3.05) is 0 Å². The third-order valence-corrected chi connectivity index (χ3v) is 3.64. The topological polar surface area (TPSA) is 0 Å². The highest BCUT2D eigenvalue weighted by molar-refractivity contribution is 5.42. The first-order valence-electron chi connectivity index (χ1n) is 6.02. The fourth-order valence-electron chi connectivity index (χ4n) is 2.59. The zero-order valence-electron chi connectivity index (χ0n) is 8.92. The molecule has 0 bridgehead atoms. The third kappa shape index (κ3) is 1.37. The molecule has 0 aliphatic heterocycles. The monoisotopic (exact) mass is 186 g/mol. The summed E-state index contributed by atoms with van der Waals surface area (Å²) < 4.78 is 0. The van der Waals surface area contributed by atoms with Crippen LogP contribution in [0.2, 0.25) is 0 Å². The van der Waals surface area contributed by atoms with E-state index in [4.69, 9.17) is 0 Å². The number of hydrogen-bond donors (Lipinski definition) is 0. The van der Waals surface area contributed by atoms with Crippen LogP contribution in [0.3, 0.4) is 0 Å². The predicted octanol–water partition coefficient (Wildman–Crippen LogP) is 4.00. The Morgan fingerprint density at radius 1 is 1.00 bits per heavy atom. The van der Waals surface area contributed by atoms with E-state index in [9.17, 15) is 0 Å². The zero-order chi connectivity index (χ0) is 9.54. The summed E-state index contributed by atoms with van der Waals surface area (Å²) in [5.74, 6) is 1.84. The lowest BCUT2D eigenvalue weighted by molar-refractivity contribution is 0.970. The van der Waals surface area contributed by atoms with E-state index in [0.717, 1.165) is 11.8 Å². The maximum absolute atomic E-state index is 2.36. The van der Waals surface area contributed by atoms with E-state index in [2.05, 4.69) is 25.1 Å². The van der Waals surface area contributed by atoms with Crippen LogP contribution in [0.5, 0.6) is 0 Å². The van der Waals surface area contributed by atoms with Gasteiger partial charge in [0.15, 0.2) is 0 Å². The van der Waals surface area contributed by atoms with Crippen molar-refractivity contribution in [3.63, 3.8) is 0 Å². The number of rotatable bonds is 3. The van der Waals surface area contributed by atoms with E-state index in [-0.39, 0.29) is 0 Å². The van der Waals surface area contributed by atoms with Crippen LogP contribution >= 0.6 is 0 Å². The minimum atomic E-state index is 0.920. The third-order valence-electron chi connectivity index (χ3n) is 3.64. The van der Waals surface area contributed by atoms with Gasteiger partial charge in [-0.05, 0) is 60.6 Å². The Labute approximate surface area is 86.3 Å². The Morgan fingerprint density at radius 2 is 1.50 bits per heavy atom. The summed E-state index contributed by atoms with van der Waals surface area (Å²) in [5.41, 5.74) is 5.05. The second-order valence-electron chi connectivity index (χ2n) is 4.82. The van der Waals surface area contributed by atoms with E-state index < -0.39 is 0 Å². The van der Waals surface area contributed by atoms with Gasteiger partial charge in [0, 0.05) is 0 Å². The van der Waals surface area contributed by atoms with Gasteiger partial charge < -0.3 is 0 Å². The van der Waals surface area contributed by atoms with Gasteiger partial charge in [0.1, 0.15) is 0 Å². The van der Waals surface area contributed by atoms with Gasteiger partial charge >= 0.3 is 0 Å². The Bertz CT molecular complexity index is 313. The summed E-state index contributed by atoms with van der Waals surface area (Å²) in [6, 6.07) is 7.01. The van der Waals surface area contributed by atoms with Crippen molar-refractivity contribution in [3.8, 4) is 0 Å². The molecule has 14 heavy (non-hydrogen) atoms. The first-order valence-corrected chi connectivity index (χ1v) is 6.02. The highest BCUT2D eigenvalue weighted by Crippen LogP contribution is 2.47. The van der Waals surface area contributed by atoms with E-state index in [1.54, 1.807) is 16.7 Å².